The molecule has 6 heteroatoms. The molecule has 0 heterocycles. The highest BCUT2D eigenvalue weighted by Gasteiger charge is 2.19. The van der Waals surface area contributed by atoms with Gasteiger partial charge in [-0.15, -0.1) is 0 Å². The van der Waals surface area contributed by atoms with Gasteiger partial charge in [-0.05, 0) is 128 Å². The summed E-state index contributed by atoms with van der Waals surface area (Å²) in [7, 11) is 0. The van der Waals surface area contributed by atoms with E-state index in [1.165, 1.54) is 38.5 Å². The molecule has 0 aromatic carbocycles. The van der Waals surface area contributed by atoms with Gasteiger partial charge in [-0.25, -0.2) is 0 Å². The zero-order valence-corrected chi connectivity index (χ0v) is 45.2. The molecule has 0 rings (SSSR count). The maximum absolute atomic E-state index is 12.8. The molecule has 0 fully saturated rings. The van der Waals surface area contributed by atoms with E-state index in [4.69, 9.17) is 14.2 Å². The Bertz CT molecular complexity index is 1640. The van der Waals surface area contributed by atoms with Crippen LogP contribution >= 0.6 is 0 Å². The van der Waals surface area contributed by atoms with Crippen molar-refractivity contribution >= 4 is 17.9 Å². The second kappa shape index (κ2) is 57.6. The number of hydrogen-bond donors (Lipinski definition) is 0. The summed E-state index contributed by atoms with van der Waals surface area (Å²) in [4.78, 5) is 38.0. The SMILES string of the molecule is CC/C=C\C/C=C\C/C=C\C/C=C\C/C=C\CCCCCCCCCCCC(=O)OCC(COC(=O)CC/C=C\C/C=C\C/C=C\C/C=C\CC)OC(=O)CCCC/C=C\C/C=C\C/C=C\C/C=C\CC. The van der Waals surface area contributed by atoms with Crippen molar-refractivity contribution in [3.63, 3.8) is 0 Å². The lowest BCUT2D eigenvalue weighted by atomic mass is 10.1. The summed E-state index contributed by atoms with van der Waals surface area (Å²) < 4.78 is 16.7. The van der Waals surface area contributed by atoms with Gasteiger partial charge in [-0.1, -0.05) is 224 Å². The first-order valence-electron chi connectivity index (χ1n) is 28.0. The maximum atomic E-state index is 12.8. The molecular formula is C65H100O6. The third-order valence-corrected chi connectivity index (χ3v) is 11.0. The van der Waals surface area contributed by atoms with E-state index < -0.39 is 6.10 Å². The van der Waals surface area contributed by atoms with Gasteiger partial charge >= 0.3 is 17.9 Å². The Morgan fingerprint density at radius 3 is 0.901 bits per heavy atom. The van der Waals surface area contributed by atoms with Crippen molar-refractivity contribution in [2.45, 2.75) is 219 Å². The minimum absolute atomic E-state index is 0.127. The third kappa shape index (κ3) is 55.8. The molecule has 1 atom stereocenters. The van der Waals surface area contributed by atoms with Gasteiger partial charge < -0.3 is 14.2 Å². The highest BCUT2D eigenvalue weighted by atomic mass is 16.6. The number of hydrogen-bond acceptors (Lipinski definition) is 6. The van der Waals surface area contributed by atoms with Gasteiger partial charge in [0.1, 0.15) is 13.2 Å². The lowest BCUT2D eigenvalue weighted by Gasteiger charge is -2.18. The molecule has 0 aliphatic carbocycles. The highest BCUT2D eigenvalue weighted by molar-refractivity contribution is 5.71. The molecule has 0 aliphatic heterocycles. The zero-order chi connectivity index (χ0) is 51.4. The van der Waals surface area contributed by atoms with Gasteiger partial charge in [0, 0.05) is 19.3 Å². The summed E-state index contributed by atoms with van der Waals surface area (Å²) in [6.07, 6.45) is 84.0. The standard InChI is InChI=1S/C65H100O6/c1-4-7-10-13-16-19-22-25-27-28-29-30-31-32-33-34-35-36-38-40-43-46-49-52-55-58-64(67)70-61-62(60-69-63(66)57-54-51-48-45-42-39-24-21-18-15-12-9-6-3)71-65(68)59-56-53-50-47-44-41-37-26-23-20-17-14-11-8-5-2/h7-12,16-21,25-27,29-30,32-33,37,39,42,44,47-48,51,62H,4-6,13-15,22-24,28,31,34-36,38,40-41,43,45-46,49-50,52-61H2,1-3H3/b10-7-,11-8-,12-9-,19-16-,20-17-,21-18-,27-25-,30-29-,33-32-,37-26-,42-39-,47-44-,51-48-. The van der Waals surface area contributed by atoms with Gasteiger partial charge in [0.2, 0.25) is 0 Å². The van der Waals surface area contributed by atoms with Crippen LogP contribution in [0.1, 0.15) is 213 Å². The molecule has 396 valence electrons. The van der Waals surface area contributed by atoms with Crippen molar-refractivity contribution < 1.29 is 28.6 Å². The van der Waals surface area contributed by atoms with Crippen LogP contribution in [0.15, 0.2) is 158 Å². The van der Waals surface area contributed by atoms with Crippen molar-refractivity contribution in [3.05, 3.63) is 158 Å². The van der Waals surface area contributed by atoms with Crippen LogP contribution in [0.25, 0.3) is 0 Å². The summed E-state index contributed by atoms with van der Waals surface area (Å²) in [5, 5.41) is 0. The average molecular weight is 978 g/mol. The number of unbranched alkanes of at least 4 members (excludes halogenated alkanes) is 11. The fourth-order valence-corrected chi connectivity index (χ4v) is 6.94. The second-order valence-corrected chi connectivity index (χ2v) is 17.7. The highest BCUT2D eigenvalue weighted by Crippen LogP contribution is 2.13. The molecule has 0 radical (unpaired) electrons. The monoisotopic (exact) mass is 977 g/mol. The van der Waals surface area contributed by atoms with Gasteiger partial charge in [0.25, 0.3) is 0 Å². The topological polar surface area (TPSA) is 78.9 Å². The van der Waals surface area contributed by atoms with Gasteiger partial charge in [-0.2, -0.15) is 0 Å². The minimum atomic E-state index is -0.839. The van der Waals surface area contributed by atoms with Crippen LogP contribution in [0.2, 0.25) is 0 Å². The smallest absolute Gasteiger partial charge is 0.306 e. The average Bonchev–Trinajstić information content (AvgIpc) is 3.37. The molecule has 71 heavy (non-hydrogen) atoms. The number of ether oxygens (including phenoxy) is 3. The van der Waals surface area contributed by atoms with Crippen LogP contribution in [0, 0.1) is 0 Å². The van der Waals surface area contributed by atoms with E-state index in [-0.39, 0.29) is 44.0 Å². The third-order valence-electron chi connectivity index (χ3n) is 11.0. The quantitative estimate of drug-likeness (QED) is 0.0262. The van der Waals surface area contributed by atoms with Crippen molar-refractivity contribution in [1.82, 2.24) is 0 Å². The Hall–Kier alpha value is -4.97. The van der Waals surface area contributed by atoms with E-state index in [9.17, 15) is 14.4 Å². The predicted molar refractivity (Wildman–Crippen MR) is 306 cm³/mol. The maximum Gasteiger partial charge on any atom is 0.306 e. The Morgan fingerprint density at radius 1 is 0.282 bits per heavy atom. The van der Waals surface area contributed by atoms with Gasteiger partial charge in [0.05, 0.1) is 0 Å². The summed E-state index contributed by atoms with van der Waals surface area (Å²) in [6.45, 7) is 6.17. The predicted octanol–water partition coefficient (Wildman–Crippen LogP) is 19.0. The molecule has 6 nitrogen and oxygen atoms in total. The van der Waals surface area contributed by atoms with E-state index in [2.05, 4.69) is 167 Å². The molecule has 0 saturated heterocycles. The second-order valence-electron chi connectivity index (χ2n) is 17.7. The molecule has 0 amide bonds. The van der Waals surface area contributed by atoms with Crippen LogP contribution in [-0.4, -0.2) is 37.2 Å². The van der Waals surface area contributed by atoms with E-state index in [0.717, 1.165) is 122 Å². The van der Waals surface area contributed by atoms with Crippen molar-refractivity contribution in [1.29, 1.82) is 0 Å². The van der Waals surface area contributed by atoms with Crippen LogP contribution in [0.3, 0.4) is 0 Å². The minimum Gasteiger partial charge on any atom is -0.462 e. The number of carbonyl (C=O) groups excluding carboxylic acids is 3. The Morgan fingerprint density at radius 2 is 0.535 bits per heavy atom. The van der Waals surface area contributed by atoms with Crippen LogP contribution < -0.4 is 0 Å². The van der Waals surface area contributed by atoms with Gasteiger partial charge in [0.15, 0.2) is 6.10 Å². The summed E-state index contributed by atoms with van der Waals surface area (Å²) in [5.74, 6) is -1.07. The summed E-state index contributed by atoms with van der Waals surface area (Å²) >= 11 is 0. The summed E-state index contributed by atoms with van der Waals surface area (Å²) in [6, 6.07) is 0. The van der Waals surface area contributed by atoms with Crippen LogP contribution in [0.5, 0.6) is 0 Å². The molecular weight excluding hydrogens is 877 g/mol. The normalized spacial score (nSPS) is 13.3. The van der Waals surface area contributed by atoms with Crippen molar-refractivity contribution in [3.8, 4) is 0 Å². The molecule has 0 bridgehead atoms. The van der Waals surface area contributed by atoms with Crippen LogP contribution in [0.4, 0.5) is 0 Å². The number of carbonyl (C=O) groups is 3. The molecule has 0 saturated carbocycles. The number of rotatable bonds is 48. The Labute approximate surface area is 435 Å². The molecule has 0 aromatic heterocycles. The molecule has 0 spiro atoms. The molecule has 0 aliphatic rings. The molecule has 0 N–H and O–H groups in total. The Balaban J connectivity index is 4.46. The fraction of sp³-hybridized carbons (Fsp3) is 0.554. The first-order chi connectivity index (χ1) is 35.0. The molecule has 1 unspecified atom stereocenters. The van der Waals surface area contributed by atoms with E-state index in [0.29, 0.717) is 19.3 Å². The first kappa shape index (κ1) is 66.0. The summed E-state index contributed by atoms with van der Waals surface area (Å²) in [5.41, 5.74) is 0. The van der Waals surface area contributed by atoms with E-state index in [1.54, 1.807) is 0 Å². The van der Waals surface area contributed by atoms with Gasteiger partial charge in [-0.3, -0.25) is 14.4 Å². The van der Waals surface area contributed by atoms with Crippen molar-refractivity contribution in [2.75, 3.05) is 13.2 Å². The largest absolute Gasteiger partial charge is 0.462 e. The van der Waals surface area contributed by atoms with E-state index >= 15 is 0 Å². The lowest BCUT2D eigenvalue weighted by Crippen LogP contribution is -2.30. The Kier molecular flexibility index (Phi) is 53.6. The lowest BCUT2D eigenvalue weighted by molar-refractivity contribution is -0.166. The van der Waals surface area contributed by atoms with E-state index in [1.807, 2.05) is 12.2 Å². The number of esters is 3. The fourth-order valence-electron chi connectivity index (χ4n) is 6.94. The molecule has 0 aromatic rings. The number of allylic oxidation sites excluding steroid dienone is 26. The van der Waals surface area contributed by atoms with Crippen molar-refractivity contribution in [2.24, 2.45) is 0 Å². The van der Waals surface area contributed by atoms with Crippen LogP contribution in [-0.2, 0) is 28.6 Å². The first-order valence-corrected chi connectivity index (χ1v) is 28.0. The zero-order valence-electron chi connectivity index (χ0n) is 45.2.